The molecule has 0 atom stereocenters. The predicted octanol–water partition coefficient (Wildman–Crippen LogP) is 6.67. The molecule has 176 valence electrons. The van der Waals surface area contributed by atoms with Crippen LogP contribution in [0.15, 0.2) is 66.7 Å². The zero-order chi connectivity index (χ0) is 24.3. The molecule has 5 aromatic rings. The predicted molar refractivity (Wildman–Crippen MR) is 141 cm³/mol. The lowest BCUT2D eigenvalue weighted by atomic mass is 9.69. The van der Waals surface area contributed by atoms with E-state index in [9.17, 15) is 5.11 Å². The van der Waals surface area contributed by atoms with Crippen molar-refractivity contribution in [3.05, 3.63) is 83.7 Å². The van der Waals surface area contributed by atoms with Gasteiger partial charge in [0.2, 0.25) is 0 Å². The molecule has 0 amide bonds. The summed E-state index contributed by atoms with van der Waals surface area (Å²) in [7, 11) is 0. The summed E-state index contributed by atoms with van der Waals surface area (Å²) in [6.07, 6.45) is 1.63. The minimum atomic E-state index is -0.528. The Balaban J connectivity index is 1.55. The van der Waals surface area contributed by atoms with E-state index in [0.717, 1.165) is 63.3 Å². The standard InChI is InChI=1S/C30H30N4O/c1-18(2)26-15-27-31-19(3)24-14-25(21-8-6-5-7-9-21)28(32-29(24)34(27)33-26)22-12-10-20(11-13-22)23-16-30(4,35)17-23/h5-15,18,23,35H,16-17H2,1-4H3. The molecule has 2 aromatic carbocycles. The number of rotatable bonds is 4. The molecule has 6 rings (SSSR count). The normalized spacial score (nSPS) is 20.0. The van der Waals surface area contributed by atoms with Crippen LogP contribution in [0, 0.1) is 6.92 Å². The monoisotopic (exact) mass is 462 g/mol. The van der Waals surface area contributed by atoms with Gasteiger partial charge in [-0.1, -0.05) is 68.4 Å². The number of hydrogen-bond donors (Lipinski definition) is 1. The van der Waals surface area contributed by atoms with Crippen molar-refractivity contribution in [3.63, 3.8) is 0 Å². The van der Waals surface area contributed by atoms with E-state index >= 15 is 0 Å². The van der Waals surface area contributed by atoms with Crippen molar-refractivity contribution in [3.8, 4) is 22.4 Å². The van der Waals surface area contributed by atoms with Crippen molar-refractivity contribution in [1.29, 1.82) is 0 Å². The minimum absolute atomic E-state index is 0.315. The Bertz CT molecular complexity index is 1540. The van der Waals surface area contributed by atoms with Gasteiger partial charge in [0.15, 0.2) is 11.3 Å². The van der Waals surface area contributed by atoms with Gasteiger partial charge in [-0.25, -0.2) is 9.97 Å². The van der Waals surface area contributed by atoms with E-state index in [0.29, 0.717) is 11.8 Å². The van der Waals surface area contributed by atoms with Crippen molar-refractivity contribution in [2.45, 2.75) is 58.0 Å². The average molecular weight is 463 g/mol. The lowest BCUT2D eigenvalue weighted by Gasteiger charge is -2.41. The van der Waals surface area contributed by atoms with Gasteiger partial charge in [0.1, 0.15) is 0 Å². The van der Waals surface area contributed by atoms with E-state index in [1.807, 2.05) is 24.4 Å². The minimum Gasteiger partial charge on any atom is -0.390 e. The number of benzene rings is 2. The summed E-state index contributed by atoms with van der Waals surface area (Å²) in [5.74, 6) is 0.735. The Morgan fingerprint density at radius 1 is 0.943 bits per heavy atom. The molecule has 35 heavy (non-hydrogen) atoms. The van der Waals surface area contributed by atoms with Crippen LogP contribution >= 0.6 is 0 Å². The van der Waals surface area contributed by atoms with Crippen LogP contribution in [0.4, 0.5) is 0 Å². The van der Waals surface area contributed by atoms with Crippen LogP contribution < -0.4 is 0 Å². The molecule has 0 saturated heterocycles. The molecule has 1 fully saturated rings. The quantitative estimate of drug-likeness (QED) is 0.324. The molecular weight excluding hydrogens is 432 g/mol. The summed E-state index contributed by atoms with van der Waals surface area (Å²) in [5, 5.41) is 16.0. The maximum absolute atomic E-state index is 10.2. The van der Waals surface area contributed by atoms with Gasteiger partial charge in [0.25, 0.3) is 0 Å². The second kappa shape index (κ2) is 7.99. The first kappa shape index (κ1) is 21.9. The first-order valence-corrected chi connectivity index (χ1v) is 12.4. The van der Waals surface area contributed by atoms with Crippen LogP contribution in [0.5, 0.6) is 0 Å². The Kier molecular flexibility index (Phi) is 5.01. The number of pyridine rings is 1. The van der Waals surface area contributed by atoms with E-state index in [4.69, 9.17) is 15.1 Å². The molecule has 0 radical (unpaired) electrons. The second-order valence-corrected chi connectivity index (χ2v) is 10.5. The highest BCUT2D eigenvalue weighted by atomic mass is 16.3. The number of hydrogen-bond acceptors (Lipinski definition) is 4. The Hall–Kier alpha value is -3.57. The molecular formula is C30H30N4O. The van der Waals surface area contributed by atoms with Crippen LogP contribution in [0.2, 0.25) is 0 Å². The SMILES string of the molecule is Cc1nc2cc(C(C)C)nn2c2nc(-c3ccc(C4CC(C)(O)C4)cc3)c(-c3ccccc3)cc12. The molecule has 0 bridgehead atoms. The molecule has 1 saturated carbocycles. The zero-order valence-electron chi connectivity index (χ0n) is 20.7. The van der Waals surface area contributed by atoms with Crippen LogP contribution in [-0.2, 0) is 0 Å². The maximum atomic E-state index is 10.2. The number of aliphatic hydroxyl groups is 1. The van der Waals surface area contributed by atoms with Gasteiger partial charge < -0.3 is 5.11 Å². The number of aromatic nitrogens is 4. The Morgan fingerprint density at radius 2 is 1.66 bits per heavy atom. The first-order chi connectivity index (χ1) is 16.8. The molecule has 3 heterocycles. The topological polar surface area (TPSA) is 63.3 Å². The average Bonchev–Trinajstić information content (AvgIpc) is 3.27. The Labute approximate surface area is 205 Å². The highest BCUT2D eigenvalue weighted by molar-refractivity contribution is 5.92. The third-order valence-electron chi connectivity index (χ3n) is 7.29. The van der Waals surface area contributed by atoms with Gasteiger partial charge in [-0.2, -0.15) is 9.61 Å². The highest BCUT2D eigenvalue weighted by Crippen LogP contribution is 2.45. The van der Waals surface area contributed by atoms with E-state index in [2.05, 4.69) is 74.5 Å². The largest absolute Gasteiger partial charge is 0.390 e. The van der Waals surface area contributed by atoms with Crippen LogP contribution in [-0.4, -0.2) is 30.3 Å². The van der Waals surface area contributed by atoms with Crippen LogP contribution in [0.1, 0.15) is 62.4 Å². The van der Waals surface area contributed by atoms with Crippen molar-refractivity contribution >= 4 is 16.7 Å². The van der Waals surface area contributed by atoms with Gasteiger partial charge >= 0.3 is 0 Å². The fourth-order valence-electron chi connectivity index (χ4n) is 5.28. The summed E-state index contributed by atoms with van der Waals surface area (Å²) in [5.41, 5.74) is 8.58. The summed E-state index contributed by atoms with van der Waals surface area (Å²) in [4.78, 5) is 10.1. The van der Waals surface area contributed by atoms with Gasteiger partial charge in [0, 0.05) is 22.6 Å². The van der Waals surface area contributed by atoms with Crippen molar-refractivity contribution in [1.82, 2.24) is 19.6 Å². The van der Waals surface area contributed by atoms with Crippen molar-refractivity contribution < 1.29 is 5.11 Å². The molecule has 1 N–H and O–H groups in total. The van der Waals surface area contributed by atoms with Crippen LogP contribution in [0.25, 0.3) is 39.1 Å². The van der Waals surface area contributed by atoms with Gasteiger partial charge in [0.05, 0.1) is 22.7 Å². The molecule has 0 aliphatic heterocycles. The lowest BCUT2D eigenvalue weighted by molar-refractivity contribution is -0.0313. The fourth-order valence-corrected chi connectivity index (χ4v) is 5.28. The van der Waals surface area contributed by atoms with Crippen molar-refractivity contribution in [2.75, 3.05) is 0 Å². The zero-order valence-corrected chi connectivity index (χ0v) is 20.7. The summed E-state index contributed by atoms with van der Waals surface area (Å²) < 4.78 is 1.89. The first-order valence-electron chi connectivity index (χ1n) is 12.4. The maximum Gasteiger partial charge on any atom is 0.165 e. The summed E-state index contributed by atoms with van der Waals surface area (Å²) in [6.45, 7) is 8.25. The van der Waals surface area contributed by atoms with Crippen LogP contribution in [0.3, 0.4) is 0 Å². The molecule has 1 aliphatic rings. The van der Waals surface area contributed by atoms with E-state index in [1.165, 1.54) is 5.56 Å². The smallest absolute Gasteiger partial charge is 0.165 e. The molecule has 0 unspecified atom stereocenters. The van der Waals surface area contributed by atoms with E-state index < -0.39 is 5.60 Å². The molecule has 0 spiro atoms. The lowest BCUT2D eigenvalue weighted by Crippen LogP contribution is -2.39. The number of nitrogens with zero attached hydrogens (tertiary/aromatic N) is 4. The van der Waals surface area contributed by atoms with E-state index in [-0.39, 0.29) is 0 Å². The van der Waals surface area contributed by atoms with E-state index in [1.54, 1.807) is 0 Å². The Morgan fingerprint density at radius 3 is 2.31 bits per heavy atom. The van der Waals surface area contributed by atoms with Crippen molar-refractivity contribution in [2.24, 2.45) is 0 Å². The highest BCUT2D eigenvalue weighted by Gasteiger charge is 2.38. The third kappa shape index (κ3) is 3.80. The fraction of sp³-hybridized carbons (Fsp3) is 0.300. The molecule has 1 aliphatic carbocycles. The molecule has 3 aromatic heterocycles. The second-order valence-electron chi connectivity index (χ2n) is 10.5. The molecule has 5 nitrogen and oxygen atoms in total. The summed E-state index contributed by atoms with van der Waals surface area (Å²) >= 11 is 0. The number of aryl methyl sites for hydroxylation is 1. The number of fused-ring (bicyclic) bond motifs is 3. The van der Waals surface area contributed by atoms with Gasteiger partial charge in [-0.3, -0.25) is 0 Å². The molecule has 5 heteroatoms. The third-order valence-corrected chi connectivity index (χ3v) is 7.29. The summed E-state index contributed by atoms with van der Waals surface area (Å²) in [6, 6.07) is 23.4. The van der Waals surface area contributed by atoms with Gasteiger partial charge in [-0.05, 0) is 55.7 Å². The van der Waals surface area contributed by atoms with Gasteiger partial charge in [-0.15, -0.1) is 0 Å².